The van der Waals surface area contributed by atoms with Gasteiger partial charge in [0.1, 0.15) is 5.82 Å². The van der Waals surface area contributed by atoms with E-state index >= 15 is 0 Å². The van der Waals surface area contributed by atoms with E-state index in [4.69, 9.17) is 15.0 Å². The quantitative estimate of drug-likeness (QED) is 0.736. The second-order valence-electron chi connectivity index (χ2n) is 6.56. The van der Waals surface area contributed by atoms with Crippen molar-refractivity contribution < 1.29 is 9.26 Å². The summed E-state index contributed by atoms with van der Waals surface area (Å²) in [4.78, 5) is 9.25. The fraction of sp³-hybridized carbons (Fsp3) is 0.500. The van der Waals surface area contributed by atoms with Gasteiger partial charge in [-0.1, -0.05) is 24.2 Å². The van der Waals surface area contributed by atoms with Crippen molar-refractivity contribution in [3.05, 3.63) is 41.8 Å². The Hall–Kier alpha value is -2.25. The monoisotopic (exact) mass is 341 g/mol. The van der Waals surface area contributed by atoms with Crippen LogP contribution in [0.15, 0.2) is 28.8 Å². The molecule has 25 heavy (non-hydrogen) atoms. The number of aryl methyl sites for hydroxylation is 1. The summed E-state index contributed by atoms with van der Waals surface area (Å²) in [6, 6.07) is 8.13. The summed E-state index contributed by atoms with van der Waals surface area (Å²) in [5, 5.41) is 4.15. The first kappa shape index (κ1) is 16.2. The highest BCUT2D eigenvalue weighted by atomic mass is 16.5. The molecule has 4 rings (SSSR count). The first-order valence-corrected chi connectivity index (χ1v) is 8.84. The Morgan fingerprint density at radius 2 is 2.16 bits per heavy atom. The van der Waals surface area contributed by atoms with Gasteiger partial charge in [0.15, 0.2) is 5.82 Å². The van der Waals surface area contributed by atoms with E-state index < -0.39 is 0 Å². The largest absolute Gasteiger partial charge is 0.377 e. The molecule has 0 amide bonds. The molecule has 1 aliphatic rings. The van der Waals surface area contributed by atoms with Crippen LogP contribution in [0.2, 0.25) is 0 Å². The van der Waals surface area contributed by atoms with Crippen molar-refractivity contribution in [1.82, 2.24) is 19.7 Å². The van der Waals surface area contributed by atoms with Crippen molar-refractivity contribution in [3.63, 3.8) is 0 Å². The van der Waals surface area contributed by atoms with Crippen LogP contribution in [-0.4, -0.2) is 38.9 Å². The summed E-state index contributed by atoms with van der Waals surface area (Å²) in [5.74, 6) is 2.79. The molecule has 7 nitrogen and oxygen atoms in total. The number of nitrogens with zero attached hydrogens (tertiary/aromatic N) is 4. The van der Waals surface area contributed by atoms with Crippen LogP contribution in [-0.2, 0) is 24.1 Å². The van der Waals surface area contributed by atoms with Gasteiger partial charge in [0, 0.05) is 19.4 Å². The van der Waals surface area contributed by atoms with Crippen LogP contribution in [0.1, 0.15) is 30.9 Å². The third-order valence-corrected chi connectivity index (χ3v) is 4.75. The molecule has 2 unspecified atom stereocenters. The Kier molecular flexibility index (Phi) is 4.50. The summed E-state index contributed by atoms with van der Waals surface area (Å²) >= 11 is 0. The zero-order valence-corrected chi connectivity index (χ0v) is 14.4. The van der Waals surface area contributed by atoms with E-state index in [1.165, 1.54) is 0 Å². The van der Waals surface area contributed by atoms with Crippen LogP contribution in [0.25, 0.3) is 11.0 Å². The lowest BCUT2D eigenvalue weighted by Crippen LogP contribution is -2.18. The zero-order valence-electron chi connectivity index (χ0n) is 14.4. The van der Waals surface area contributed by atoms with Crippen molar-refractivity contribution in [3.8, 4) is 0 Å². The highest BCUT2D eigenvalue weighted by Crippen LogP contribution is 2.23. The van der Waals surface area contributed by atoms with E-state index in [-0.39, 0.29) is 6.10 Å². The van der Waals surface area contributed by atoms with Crippen LogP contribution in [0.3, 0.4) is 0 Å². The molecule has 3 aromatic rings. The van der Waals surface area contributed by atoms with Gasteiger partial charge in [0.25, 0.3) is 0 Å². The average Bonchev–Trinajstić information content (AvgIpc) is 3.35. The predicted octanol–water partition coefficient (Wildman–Crippen LogP) is 1.94. The van der Waals surface area contributed by atoms with E-state index in [0.717, 1.165) is 36.1 Å². The topological polar surface area (TPSA) is 92.0 Å². The maximum absolute atomic E-state index is 5.66. The minimum Gasteiger partial charge on any atom is -0.377 e. The van der Waals surface area contributed by atoms with Gasteiger partial charge in [-0.2, -0.15) is 4.98 Å². The van der Waals surface area contributed by atoms with Crippen molar-refractivity contribution in [2.75, 3.05) is 13.2 Å². The minimum atomic E-state index is 0.164. The number of fused-ring (bicyclic) bond motifs is 1. The van der Waals surface area contributed by atoms with E-state index in [2.05, 4.69) is 32.7 Å². The molecule has 2 aromatic heterocycles. The van der Waals surface area contributed by atoms with Gasteiger partial charge in [-0.05, 0) is 24.5 Å². The Labute approximate surface area is 146 Å². The van der Waals surface area contributed by atoms with E-state index in [9.17, 15) is 0 Å². The Balaban J connectivity index is 1.50. The number of para-hydroxylation sites is 2. The van der Waals surface area contributed by atoms with Gasteiger partial charge in [-0.25, -0.2) is 4.98 Å². The van der Waals surface area contributed by atoms with E-state index in [1.54, 1.807) is 0 Å². The summed E-state index contributed by atoms with van der Waals surface area (Å²) in [5.41, 5.74) is 7.75. The number of hydrogen-bond donors (Lipinski definition) is 1. The molecule has 1 aromatic carbocycles. The van der Waals surface area contributed by atoms with Gasteiger partial charge in [0.05, 0.1) is 30.3 Å². The summed E-state index contributed by atoms with van der Waals surface area (Å²) in [7, 11) is 0. The maximum atomic E-state index is 5.66. The molecule has 2 atom stereocenters. The van der Waals surface area contributed by atoms with Crippen LogP contribution in [0.5, 0.6) is 0 Å². The second-order valence-corrected chi connectivity index (χ2v) is 6.56. The molecule has 0 spiro atoms. The predicted molar refractivity (Wildman–Crippen MR) is 93.1 cm³/mol. The zero-order chi connectivity index (χ0) is 17.2. The third-order valence-electron chi connectivity index (χ3n) is 4.75. The van der Waals surface area contributed by atoms with Gasteiger partial charge in [0.2, 0.25) is 5.89 Å². The van der Waals surface area contributed by atoms with Crippen molar-refractivity contribution in [1.29, 1.82) is 0 Å². The molecule has 2 N–H and O–H groups in total. The highest BCUT2D eigenvalue weighted by molar-refractivity contribution is 5.75. The van der Waals surface area contributed by atoms with Crippen molar-refractivity contribution in [2.24, 2.45) is 11.7 Å². The van der Waals surface area contributed by atoms with Crippen LogP contribution in [0.4, 0.5) is 0 Å². The fourth-order valence-electron chi connectivity index (χ4n) is 3.48. The molecule has 0 bridgehead atoms. The maximum Gasteiger partial charge on any atom is 0.227 e. The smallest absolute Gasteiger partial charge is 0.227 e. The Bertz CT molecular complexity index is 856. The summed E-state index contributed by atoms with van der Waals surface area (Å²) in [6.07, 6.45) is 2.73. The van der Waals surface area contributed by atoms with Crippen LogP contribution >= 0.6 is 0 Å². The standard InChI is InChI=1S/C18H23N5O2/c1-2-17-20-14-5-3-4-6-15(14)23(17)10-16-21-18(25-22-16)8-12-7-13(9-19)24-11-12/h3-6,12-13H,2,7-11,19H2,1H3. The lowest BCUT2D eigenvalue weighted by Gasteiger charge is -2.05. The average molecular weight is 341 g/mol. The molecule has 1 fully saturated rings. The van der Waals surface area contributed by atoms with Crippen molar-refractivity contribution >= 4 is 11.0 Å². The normalized spacial score (nSPS) is 20.6. The molecule has 3 heterocycles. The summed E-state index contributed by atoms with van der Waals surface area (Å²) < 4.78 is 13.2. The number of imidazole rings is 1. The number of rotatable bonds is 6. The number of nitrogens with two attached hydrogens (primary N) is 1. The Morgan fingerprint density at radius 3 is 2.96 bits per heavy atom. The van der Waals surface area contributed by atoms with Crippen molar-refractivity contribution in [2.45, 2.75) is 38.8 Å². The number of hydrogen-bond acceptors (Lipinski definition) is 6. The molecule has 0 radical (unpaired) electrons. The number of benzene rings is 1. The van der Waals surface area contributed by atoms with Crippen LogP contribution in [0, 0.1) is 5.92 Å². The molecule has 132 valence electrons. The lowest BCUT2D eigenvalue weighted by molar-refractivity contribution is 0.112. The highest BCUT2D eigenvalue weighted by Gasteiger charge is 2.26. The Morgan fingerprint density at radius 1 is 1.28 bits per heavy atom. The SMILES string of the molecule is CCc1nc2ccccc2n1Cc1noc(CC2COC(CN)C2)n1. The first-order valence-electron chi connectivity index (χ1n) is 8.84. The van der Waals surface area contributed by atoms with Gasteiger partial charge < -0.3 is 19.6 Å². The second kappa shape index (κ2) is 6.93. The third kappa shape index (κ3) is 3.29. The summed E-state index contributed by atoms with van der Waals surface area (Å²) in [6.45, 7) is 3.96. The molecular weight excluding hydrogens is 318 g/mol. The minimum absolute atomic E-state index is 0.164. The number of ether oxygens (including phenoxy) is 1. The first-order chi connectivity index (χ1) is 12.3. The van der Waals surface area contributed by atoms with Gasteiger partial charge >= 0.3 is 0 Å². The fourth-order valence-corrected chi connectivity index (χ4v) is 3.48. The molecule has 1 saturated heterocycles. The molecule has 1 aliphatic heterocycles. The van der Waals surface area contributed by atoms with Gasteiger partial charge in [-0.3, -0.25) is 0 Å². The van der Waals surface area contributed by atoms with E-state index in [0.29, 0.717) is 37.3 Å². The van der Waals surface area contributed by atoms with Crippen LogP contribution < -0.4 is 5.73 Å². The number of aromatic nitrogens is 4. The van der Waals surface area contributed by atoms with E-state index in [1.807, 2.05) is 18.2 Å². The molecule has 7 heteroatoms. The molecular formula is C18H23N5O2. The van der Waals surface area contributed by atoms with Gasteiger partial charge in [-0.15, -0.1) is 0 Å². The molecule has 0 saturated carbocycles. The molecule has 0 aliphatic carbocycles. The lowest BCUT2D eigenvalue weighted by atomic mass is 10.0.